The topological polar surface area (TPSA) is 124 Å². The second kappa shape index (κ2) is 8.15. The number of amides is 2. The fourth-order valence-corrected chi connectivity index (χ4v) is 3.48. The molecule has 0 aliphatic carbocycles. The van der Waals surface area contributed by atoms with Gasteiger partial charge in [-0.15, -0.1) is 0 Å². The van der Waals surface area contributed by atoms with Gasteiger partial charge in [-0.2, -0.15) is 0 Å². The number of carbonyl (C=O) groups excluding carboxylic acids is 2. The number of nitrogens with one attached hydrogen (secondary N) is 2. The van der Waals surface area contributed by atoms with E-state index in [0.29, 0.717) is 30.0 Å². The van der Waals surface area contributed by atoms with Crippen molar-refractivity contribution in [3.63, 3.8) is 0 Å². The number of hydrogen-bond acceptors (Lipinski definition) is 6. The van der Waals surface area contributed by atoms with Crippen molar-refractivity contribution in [2.75, 3.05) is 17.2 Å². The van der Waals surface area contributed by atoms with E-state index in [1.165, 1.54) is 30.9 Å². The molecule has 1 unspecified atom stereocenters. The van der Waals surface area contributed by atoms with Crippen molar-refractivity contribution < 1.29 is 14.3 Å². The number of ether oxygens (including phenoxy) is 1. The van der Waals surface area contributed by atoms with Crippen molar-refractivity contribution in [3.8, 4) is 0 Å². The average Bonchev–Trinajstić information content (AvgIpc) is 3.31. The number of benzene rings is 1. The summed E-state index contributed by atoms with van der Waals surface area (Å²) in [6.45, 7) is 0.567. The van der Waals surface area contributed by atoms with Crippen LogP contribution in [0.3, 0.4) is 0 Å². The van der Waals surface area contributed by atoms with Gasteiger partial charge in [-0.05, 0) is 37.1 Å². The first-order valence-electron chi connectivity index (χ1n) is 9.75. The van der Waals surface area contributed by atoms with Crippen molar-refractivity contribution in [2.24, 2.45) is 14.1 Å². The van der Waals surface area contributed by atoms with Crippen LogP contribution >= 0.6 is 0 Å². The maximum absolute atomic E-state index is 12.7. The second-order valence-corrected chi connectivity index (χ2v) is 7.33. The number of aryl methyl sites for hydroxylation is 1. The van der Waals surface area contributed by atoms with Crippen molar-refractivity contribution in [3.05, 3.63) is 62.9 Å². The van der Waals surface area contributed by atoms with Gasteiger partial charge in [0.05, 0.1) is 17.3 Å². The molecule has 0 saturated carbocycles. The zero-order chi connectivity index (χ0) is 22.1. The molecule has 1 aliphatic heterocycles. The van der Waals surface area contributed by atoms with Crippen LogP contribution in [-0.4, -0.2) is 38.6 Å². The summed E-state index contributed by atoms with van der Waals surface area (Å²) in [5.41, 5.74) is 0.350. The summed E-state index contributed by atoms with van der Waals surface area (Å²) in [5, 5.41) is 5.66. The number of aromatic nitrogens is 3. The average molecular weight is 423 g/mol. The van der Waals surface area contributed by atoms with Crippen LogP contribution < -0.4 is 21.9 Å². The van der Waals surface area contributed by atoms with Crippen LogP contribution in [0.4, 0.5) is 11.4 Å². The highest BCUT2D eigenvalue weighted by atomic mass is 16.5. The highest BCUT2D eigenvalue weighted by Crippen LogP contribution is 2.18. The van der Waals surface area contributed by atoms with Gasteiger partial charge in [-0.25, -0.2) is 9.78 Å². The number of pyridine rings is 1. The molecule has 1 fully saturated rings. The smallest absolute Gasteiger partial charge is 0.332 e. The Morgan fingerprint density at radius 1 is 1.10 bits per heavy atom. The van der Waals surface area contributed by atoms with E-state index in [0.717, 1.165) is 11.0 Å². The molecular weight excluding hydrogens is 402 g/mol. The molecule has 1 aliphatic rings. The Kier molecular flexibility index (Phi) is 5.38. The molecule has 10 nitrogen and oxygen atoms in total. The second-order valence-electron chi connectivity index (χ2n) is 7.33. The molecule has 160 valence electrons. The zero-order valence-electron chi connectivity index (χ0n) is 17.0. The Hall–Kier alpha value is -3.79. The number of hydrogen-bond donors (Lipinski definition) is 2. The molecule has 31 heavy (non-hydrogen) atoms. The van der Waals surface area contributed by atoms with Crippen LogP contribution in [0.2, 0.25) is 0 Å². The van der Waals surface area contributed by atoms with E-state index in [1.807, 2.05) is 0 Å². The van der Waals surface area contributed by atoms with Crippen LogP contribution in [0.1, 0.15) is 23.2 Å². The molecule has 10 heteroatoms. The van der Waals surface area contributed by atoms with Crippen LogP contribution in [0.25, 0.3) is 11.0 Å². The van der Waals surface area contributed by atoms with Crippen LogP contribution in [0.5, 0.6) is 0 Å². The lowest BCUT2D eigenvalue weighted by molar-refractivity contribution is -0.124. The quantitative estimate of drug-likeness (QED) is 0.645. The number of fused-ring (bicyclic) bond motifs is 1. The van der Waals surface area contributed by atoms with Gasteiger partial charge in [0, 0.05) is 32.0 Å². The lowest BCUT2D eigenvalue weighted by atomic mass is 10.1. The first-order valence-corrected chi connectivity index (χ1v) is 9.75. The highest BCUT2D eigenvalue weighted by molar-refractivity contribution is 6.06. The lowest BCUT2D eigenvalue weighted by Gasteiger charge is -2.12. The fraction of sp³-hybridized carbons (Fsp3) is 0.286. The molecule has 0 bridgehead atoms. The van der Waals surface area contributed by atoms with Crippen LogP contribution in [0.15, 0.2) is 46.1 Å². The Labute approximate surface area is 176 Å². The van der Waals surface area contributed by atoms with Crippen LogP contribution in [-0.2, 0) is 23.6 Å². The van der Waals surface area contributed by atoms with Crippen molar-refractivity contribution in [1.82, 2.24) is 14.1 Å². The molecule has 3 heterocycles. The summed E-state index contributed by atoms with van der Waals surface area (Å²) in [6, 6.07) is 7.98. The molecule has 1 saturated heterocycles. The van der Waals surface area contributed by atoms with Crippen molar-refractivity contribution in [1.29, 1.82) is 0 Å². The minimum Gasteiger partial charge on any atom is -0.368 e. The third-order valence-corrected chi connectivity index (χ3v) is 5.17. The van der Waals surface area contributed by atoms with Gasteiger partial charge < -0.3 is 15.4 Å². The predicted molar refractivity (Wildman–Crippen MR) is 114 cm³/mol. The number of nitrogens with zero attached hydrogens (tertiary/aromatic N) is 3. The first-order chi connectivity index (χ1) is 14.8. The Morgan fingerprint density at radius 3 is 2.65 bits per heavy atom. The molecule has 2 N–H and O–H groups in total. The normalized spacial score (nSPS) is 15.7. The van der Waals surface area contributed by atoms with E-state index in [4.69, 9.17) is 4.74 Å². The lowest BCUT2D eigenvalue weighted by Crippen LogP contribution is -2.37. The van der Waals surface area contributed by atoms with E-state index in [9.17, 15) is 19.2 Å². The Morgan fingerprint density at radius 2 is 1.90 bits per heavy atom. The number of rotatable bonds is 4. The van der Waals surface area contributed by atoms with Gasteiger partial charge in [-0.1, -0.05) is 6.07 Å². The van der Waals surface area contributed by atoms with E-state index < -0.39 is 23.3 Å². The zero-order valence-corrected chi connectivity index (χ0v) is 17.0. The third-order valence-electron chi connectivity index (χ3n) is 5.17. The molecule has 4 rings (SSSR count). The maximum Gasteiger partial charge on any atom is 0.332 e. The SMILES string of the molecule is Cn1c(=O)c2cc(NC(=O)c3cccc(NC(=O)C4CCCO4)c3)cnc2n(C)c1=O. The number of carbonyl (C=O) groups is 2. The summed E-state index contributed by atoms with van der Waals surface area (Å²) < 4.78 is 7.61. The first kappa shape index (κ1) is 20.5. The predicted octanol–water partition coefficient (Wildman–Crippen LogP) is 1.00. The molecule has 2 aromatic heterocycles. The van der Waals surface area contributed by atoms with Gasteiger partial charge in [0.25, 0.3) is 17.4 Å². The van der Waals surface area contributed by atoms with Gasteiger partial charge in [-0.3, -0.25) is 23.5 Å². The van der Waals surface area contributed by atoms with E-state index in [2.05, 4.69) is 15.6 Å². The monoisotopic (exact) mass is 423 g/mol. The highest BCUT2D eigenvalue weighted by Gasteiger charge is 2.23. The van der Waals surface area contributed by atoms with Gasteiger partial charge in [0.2, 0.25) is 0 Å². The Balaban J connectivity index is 1.55. The molecule has 1 atom stereocenters. The maximum atomic E-state index is 12.7. The van der Waals surface area contributed by atoms with Gasteiger partial charge in [0.15, 0.2) is 0 Å². The standard InChI is InChI=1S/C21H21N5O5/c1-25-17-15(20(29)26(2)21(25)30)10-14(11-22-17)24-18(27)12-5-3-6-13(9-12)23-19(28)16-7-4-8-31-16/h3,5-6,9-11,16H,4,7-8H2,1-2H3,(H,23,28)(H,24,27). The van der Waals surface area contributed by atoms with Crippen molar-refractivity contribution >= 4 is 34.2 Å². The molecule has 2 amide bonds. The minimum absolute atomic E-state index is 0.208. The molecule has 1 aromatic carbocycles. The van der Waals surface area contributed by atoms with E-state index in [1.54, 1.807) is 24.3 Å². The third kappa shape index (κ3) is 3.97. The summed E-state index contributed by atoms with van der Waals surface area (Å²) in [4.78, 5) is 53.5. The Bertz CT molecular complexity index is 1300. The summed E-state index contributed by atoms with van der Waals surface area (Å²) in [7, 11) is 2.90. The summed E-state index contributed by atoms with van der Waals surface area (Å²) >= 11 is 0. The number of anilines is 2. The molecule has 3 aromatic rings. The molecule has 0 spiro atoms. The van der Waals surface area contributed by atoms with Gasteiger partial charge >= 0.3 is 5.69 Å². The summed E-state index contributed by atoms with van der Waals surface area (Å²) in [6.07, 6.45) is 2.42. The largest absolute Gasteiger partial charge is 0.368 e. The van der Waals surface area contributed by atoms with E-state index >= 15 is 0 Å². The van der Waals surface area contributed by atoms with E-state index in [-0.39, 0.29) is 16.9 Å². The molecular formula is C21H21N5O5. The summed E-state index contributed by atoms with van der Waals surface area (Å²) in [5.74, 6) is -0.675. The van der Waals surface area contributed by atoms with Crippen LogP contribution in [0, 0.1) is 0 Å². The van der Waals surface area contributed by atoms with Crippen molar-refractivity contribution in [2.45, 2.75) is 18.9 Å². The molecule has 0 radical (unpaired) electrons. The van der Waals surface area contributed by atoms with Gasteiger partial charge in [0.1, 0.15) is 11.8 Å². The fourth-order valence-electron chi connectivity index (χ4n) is 3.48. The minimum atomic E-state index is -0.499.